The molecule has 0 bridgehead atoms. The van der Waals surface area contributed by atoms with Crippen LogP contribution in [-0.4, -0.2) is 15.7 Å². The summed E-state index contributed by atoms with van der Waals surface area (Å²) in [6.45, 7) is 2.51. The van der Waals surface area contributed by atoms with Crippen LogP contribution in [0.5, 0.6) is 0 Å². The van der Waals surface area contributed by atoms with Gasteiger partial charge < -0.3 is 10.1 Å². The molecule has 3 rings (SSSR count). The van der Waals surface area contributed by atoms with E-state index in [1.807, 2.05) is 19.1 Å². The van der Waals surface area contributed by atoms with E-state index in [4.69, 9.17) is 16.3 Å². The predicted molar refractivity (Wildman–Crippen MR) is 85.0 cm³/mol. The lowest BCUT2D eigenvalue weighted by Gasteiger charge is -2.09. The maximum atomic E-state index is 12.0. The second kappa shape index (κ2) is 6.52. The molecule has 23 heavy (non-hydrogen) atoms. The van der Waals surface area contributed by atoms with E-state index in [0.717, 1.165) is 16.8 Å². The van der Waals surface area contributed by atoms with E-state index in [2.05, 4.69) is 10.4 Å². The number of carbonyl (C=O) groups excluding carboxylic acids is 1. The van der Waals surface area contributed by atoms with Crippen molar-refractivity contribution < 1.29 is 9.53 Å². The van der Waals surface area contributed by atoms with Crippen molar-refractivity contribution in [3.05, 3.63) is 62.5 Å². The summed E-state index contributed by atoms with van der Waals surface area (Å²) < 4.78 is 6.60. The topological polar surface area (TPSA) is 73.2 Å². The van der Waals surface area contributed by atoms with E-state index in [-0.39, 0.29) is 24.1 Å². The van der Waals surface area contributed by atoms with Crippen molar-refractivity contribution in [2.24, 2.45) is 0 Å². The van der Waals surface area contributed by atoms with E-state index in [9.17, 15) is 9.59 Å². The van der Waals surface area contributed by atoms with E-state index in [0.29, 0.717) is 18.2 Å². The van der Waals surface area contributed by atoms with Crippen LogP contribution < -0.4 is 10.9 Å². The molecule has 1 aliphatic rings. The number of fused-ring (bicyclic) bond motifs is 1. The summed E-state index contributed by atoms with van der Waals surface area (Å²) in [7, 11) is 0. The molecule has 7 heteroatoms. The molecule has 0 spiro atoms. The summed E-state index contributed by atoms with van der Waals surface area (Å²) >= 11 is 5.81. The van der Waals surface area contributed by atoms with Gasteiger partial charge >= 0.3 is 0 Å². The van der Waals surface area contributed by atoms with Crippen molar-refractivity contribution in [3.8, 4) is 0 Å². The Labute approximate surface area is 138 Å². The van der Waals surface area contributed by atoms with Crippen molar-refractivity contribution in [1.29, 1.82) is 0 Å². The lowest BCUT2D eigenvalue weighted by Crippen LogP contribution is -2.33. The molecule has 2 aromatic rings. The van der Waals surface area contributed by atoms with E-state index in [1.165, 1.54) is 10.7 Å². The molecule has 2 heterocycles. The fraction of sp³-hybridized carbons (Fsp3) is 0.312. The monoisotopic (exact) mass is 333 g/mol. The first-order chi connectivity index (χ1) is 11.0. The summed E-state index contributed by atoms with van der Waals surface area (Å²) in [5.74, 6) is -0.277. The number of amides is 1. The van der Waals surface area contributed by atoms with E-state index >= 15 is 0 Å². The van der Waals surface area contributed by atoms with Crippen LogP contribution >= 0.6 is 11.6 Å². The molecule has 120 valence electrons. The van der Waals surface area contributed by atoms with Crippen LogP contribution in [0, 0.1) is 0 Å². The number of nitrogens with zero attached hydrogens (tertiary/aromatic N) is 2. The number of halogens is 1. The van der Waals surface area contributed by atoms with Crippen LogP contribution in [0.2, 0.25) is 5.02 Å². The molecule has 1 atom stereocenters. The molecular weight excluding hydrogens is 318 g/mol. The maximum Gasteiger partial charge on any atom is 0.267 e. The first kappa shape index (κ1) is 15.7. The minimum atomic E-state index is -0.303. The molecule has 1 amide bonds. The van der Waals surface area contributed by atoms with Crippen LogP contribution in [-0.2, 0) is 29.2 Å². The molecule has 1 aromatic heterocycles. The van der Waals surface area contributed by atoms with Crippen LogP contribution in [0.25, 0.3) is 0 Å². The maximum absolute atomic E-state index is 12.0. The largest absolute Gasteiger partial charge is 0.367 e. The minimum Gasteiger partial charge on any atom is -0.367 e. The number of hydrogen-bond acceptors (Lipinski definition) is 4. The molecule has 1 aromatic carbocycles. The Balaban J connectivity index is 1.65. The molecule has 1 aliphatic heterocycles. The van der Waals surface area contributed by atoms with Crippen molar-refractivity contribution >= 4 is 17.5 Å². The number of benzene rings is 1. The fourth-order valence-electron chi connectivity index (χ4n) is 2.40. The van der Waals surface area contributed by atoms with Crippen molar-refractivity contribution in [2.45, 2.75) is 32.7 Å². The fourth-order valence-corrected chi connectivity index (χ4v) is 2.53. The standard InChI is InChI=1S/C16H16ClN3O3/c1-10-16-12(9-23-10)6-15(22)20(19-16)8-14(21)18-7-11-2-4-13(17)5-3-11/h2-6,10H,7-9H2,1H3,(H,18,21). The lowest BCUT2D eigenvalue weighted by molar-refractivity contribution is -0.122. The zero-order valence-corrected chi connectivity index (χ0v) is 13.3. The number of aromatic nitrogens is 2. The smallest absolute Gasteiger partial charge is 0.267 e. The second-order valence-corrected chi connectivity index (χ2v) is 5.84. The molecule has 0 saturated carbocycles. The van der Waals surface area contributed by atoms with Crippen LogP contribution in [0.15, 0.2) is 35.1 Å². The molecule has 0 fully saturated rings. The summed E-state index contributed by atoms with van der Waals surface area (Å²) in [4.78, 5) is 24.0. The second-order valence-electron chi connectivity index (χ2n) is 5.41. The SMILES string of the molecule is CC1OCc2cc(=O)n(CC(=O)NCc3ccc(Cl)cc3)nc21. The van der Waals surface area contributed by atoms with Crippen molar-refractivity contribution in [1.82, 2.24) is 15.1 Å². The number of hydrogen-bond donors (Lipinski definition) is 1. The average Bonchev–Trinajstić information content (AvgIpc) is 2.88. The lowest BCUT2D eigenvalue weighted by atomic mass is 10.2. The molecule has 0 aliphatic carbocycles. The summed E-state index contributed by atoms with van der Waals surface area (Å²) in [5, 5.41) is 7.65. The highest BCUT2D eigenvalue weighted by Gasteiger charge is 2.23. The molecule has 6 nitrogen and oxygen atoms in total. The van der Waals surface area contributed by atoms with Gasteiger partial charge in [-0.15, -0.1) is 0 Å². The zero-order chi connectivity index (χ0) is 16.4. The zero-order valence-electron chi connectivity index (χ0n) is 12.6. The highest BCUT2D eigenvalue weighted by Crippen LogP contribution is 2.26. The molecule has 1 N–H and O–H groups in total. The van der Waals surface area contributed by atoms with Crippen LogP contribution in [0.4, 0.5) is 0 Å². The minimum absolute atomic E-state index is 0.119. The highest BCUT2D eigenvalue weighted by molar-refractivity contribution is 6.30. The van der Waals surface area contributed by atoms with Gasteiger partial charge in [0, 0.05) is 23.2 Å². The van der Waals surface area contributed by atoms with Gasteiger partial charge in [-0.2, -0.15) is 5.10 Å². The average molecular weight is 334 g/mol. The third-order valence-corrected chi connectivity index (χ3v) is 3.93. The third-order valence-electron chi connectivity index (χ3n) is 3.68. The van der Waals surface area contributed by atoms with Gasteiger partial charge in [0.1, 0.15) is 6.54 Å². The normalized spacial score (nSPS) is 16.2. The Morgan fingerprint density at radius 3 is 2.91 bits per heavy atom. The van der Waals surface area contributed by atoms with Crippen molar-refractivity contribution in [2.75, 3.05) is 0 Å². The number of nitrogens with one attached hydrogen (secondary N) is 1. The number of carbonyl (C=O) groups is 1. The van der Waals surface area contributed by atoms with Crippen molar-refractivity contribution in [3.63, 3.8) is 0 Å². The Hall–Kier alpha value is -2.18. The van der Waals surface area contributed by atoms with E-state index < -0.39 is 0 Å². The molecule has 0 radical (unpaired) electrons. The third kappa shape index (κ3) is 3.60. The first-order valence-corrected chi connectivity index (χ1v) is 7.64. The summed E-state index contributed by atoms with van der Waals surface area (Å²) in [5.41, 5.74) is 2.14. The van der Waals surface area contributed by atoms with Crippen LogP contribution in [0.3, 0.4) is 0 Å². The van der Waals surface area contributed by atoms with Gasteiger partial charge in [-0.3, -0.25) is 9.59 Å². The van der Waals surface area contributed by atoms with Gasteiger partial charge in [0.15, 0.2) is 0 Å². The quantitative estimate of drug-likeness (QED) is 0.926. The predicted octanol–water partition coefficient (Wildman–Crippen LogP) is 1.80. The van der Waals surface area contributed by atoms with Gasteiger partial charge in [0.25, 0.3) is 5.56 Å². The first-order valence-electron chi connectivity index (χ1n) is 7.26. The summed E-state index contributed by atoms with van der Waals surface area (Å²) in [6, 6.07) is 8.68. The van der Waals surface area contributed by atoms with Gasteiger partial charge in [-0.05, 0) is 24.6 Å². The Kier molecular flexibility index (Phi) is 4.45. The Morgan fingerprint density at radius 2 is 2.17 bits per heavy atom. The van der Waals surface area contributed by atoms with Gasteiger partial charge in [0.2, 0.25) is 5.91 Å². The van der Waals surface area contributed by atoms with Gasteiger partial charge in [0.05, 0.1) is 18.4 Å². The molecular formula is C16H16ClN3O3. The van der Waals surface area contributed by atoms with E-state index in [1.54, 1.807) is 12.1 Å². The Bertz CT molecular complexity index is 786. The number of ether oxygens (including phenoxy) is 1. The van der Waals surface area contributed by atoms with Gasteiger partial charge in [-0.1, -0.05) is 23.7 Å². The van der Waals surface area contributed by atoms with Crippen LogP contribution in [0.1, 0.15) is 29.8 Å². The van der Waals surface area contributed by atoms with Gasteiger partial charge in [-0.25, -0.2) is 4.68 Å². The Morgan fingerprint density at radius 1 is 1.43 bits per heavy atom. The number of rotatable bonds is 4. The highest BCUT2D eigenvalue weighted by atomic mass is 35.5. The molecule has 1 unspecified atom stereocenters. The molecule has 0 saturated heterocycles. The summed E-state index contributed by atoms with van der Waals surface area (Å²) in [6.07, 6.45) is -0.158.